The molecule has 76 valence electrons. The van der Waals surface area contributed by atoms with Gasteiger partial charge in [-0.1, -0.05) is 23.7 Å². The summed E-state index contributed by atoms with van der Waals surface area (Å²) < 4.78 is 3.68. The van der Waals surface area contributed by atoms with Crippen molar-refractivity contribution < 1.29 is 0 Å². The molecule has 0 saturated heterocycles. The fourth-order valence-electron chi connectivity index (χ4n) is 1.08. The summed E-state index contributed by atoms with van der Waals surface area (Å²) in [6, 6.07) is 7.54. The minimum atomic E-state index is 0.0144. The molecule has 3 nitrogen and oxygen atoms in total. The van der Waals surface area contributed by atoms with Gasteiger partial charge in [0, 0.05) is 11.6 Å². The highest BCUT2D eigenvalue weighted by atomic mass is 32.1. The Morgan fingerprint density at radius 2 is 2.13 bits per heavy atom. The fourth-order valence-corrected chi connectivity index (χ4v) is 2.16. The molecule has 0 aliphatic rings. The fraction of sp³-hybridized carbons (Fsp3) is 0. The van der Waals surface area contributed by atoms with Crippen LogP contribution >= 0.6 is 22.9 Å². The number of fused-ring (bicyclic) bond motifs is 1. The molecule has 3 rings (SSSR count). The van der Waals surface area contributed by atoms with Crippen molar-refractivity contribution in [3.63, 3.8) is 0 Å². The summed E-state index contributed by atoms with van der Waals surface area (Å²) in [5, 5.41) is 2.72. The molecule has 0 saturated carbocycles. The zero-order valence-electron chi connectivity index (χ0n) is 7.71. The van der Waals surface area contributed by atoms with Gasteiger partial charge in [-0.2, -0.15) is 0 Å². The van der Waals surface area contributed by atoms with Crippen molar-refractivity contribution in [1.82, 2.24) is 9.36 Å². The van der Waals surface area contributed by atoms with E-state index >= 15 is 0 Å². The summed E-state index contributed by atoms with van der Waals surface area (Å²) in [5.41, 5.74) is 1.81. The Morgan fingerprint density at radius 1 is 1.27 bits per heavy atom. The van der Waals surface area contributed by atoms with Crippen LogP contribution in [0.4, 0.5) is 0 Å². The lowest BCUT2D eigenvalue weighted by atomic mass is 10.3. The smallest absolute Gasteiger partial charge is 0.265 e. The summed E-state index contributed by atoms with van der Waals surface area (Å²) in [4.78, 5) is 14.7. The zero-order valence-corrected chi connectivity index (χ0v) is 9.35. The van der Waals surface area contributed by atoms with Gasteiger partial charge in [0.1, 0.15) is 0 Å². The second kappa shape index (κ2) is 4.86. The monoisotopic (exact) mass is 236 g/mol. The van der Waals surface area contributed by atoms with Crippen LogP contribution in [-0.2, 0) is 0 Å². The maximum absolute atomic E-state index is 10.9. The Bertz CT molecular complexity index is 551. The van der Waals surface area contributed by atoms with Crippen molar-refractivity contribution in [3.05, 3.63) is 51.7 Å². The predicted octanol–water partition coefficient (Wildman–Crippen LogP) is 2.73. The molecule has 0 radical (unpaired) electrons. The van der Waals surface area contributed by atoms with Gasteiger partial charge in [-0.15, -0.1) is 11.3 Å². The molecule has 0 bridgehead atoms. The quantitative estimate of drug-likeness (QED) is 0.652. The first-order valence-electron chi connectivity index (χ1n) is 4.26. The van der Waals surface area contributed by atoms with E-state index < -0.39 is 0 Å². The zero-order chi connectivity index (χ0) is 10.5. The Hall–Kier alpha value is -1.46. The van der Waals surface area contributed by atoms with Crippen molar-refractivity contribution in [2.75, 3.05) is 0 Å². The number of nitrogens with zero attached hydrogens (tertiary/aromatic N) is 1. The summed E-state index contributed by atoms with van der Waals surface area (Å²) in [5.74, 6) is 0. The molecule has 5 heteroatoms. The molecular weight excluding hydrogens is 228 g/mol. The SMILES string of the molecule is O=c1[nH]sc2ccccc12.c1cscn1. The molecule has 0 unspecified atom stereocenters. The average Bonchev–Trinajstić information content (AvgIpc) is 2.92. The third kappa shape index (κ3) is 2.51. The van der Waals surface area contributed by atoms with Crippen molar-refractivity contribution in [2.45, 2.75) is 0 Å². The first-order chi connectivity index (χ1) is 7.38. The molecule has 1 aromatic carbocycles. The van der Waals surface area contributed by atoms with Crippen LogP contribution in [0.15, 0.2) is 46.1 Å². The third-order valence-electron chi connectivity index (χ3n) is 1.73. The van der Waals surface area contributed by atoms with Gasteiger partial charge in [-0.25, -0.2) is 0 Å². The van der Waals surface area contributed by atoms with Crippen LogP contribution in [0.2, 0.25) is 0 Å². The van der Waals surface area contributed by atoms with E-state index in [0.29, 0.717) is 0 Å². The van der Waals surface area contributed by atoms with Crippen LogP contribution < -0.4 is 5.56 Å². The van der Waals surface area contributed by atoms with E-state index in [2.05, 4.69) is 9.36 Å². The molecule has 0 amide bonds. The number of H-pyrrole nitrogens is 1. The van der Waals surface area contributed by atoms with E-state index in [9.17, 15) is 4.79 Å². The van der Waals surface area contributed by atoms with E-state index in [-0.39, 0.29) is 5.56 Å². The van der Waals surface area contributed by atoms with E-state index in [0.717, 1.165) is 10.1 Å². The largest absolute Gasteiger partial charge is 0.277 e. The van der Waals surface area contributed by atoms with Crippen molar-refractivity contribution >= 4 is 33.0 Å². The number of aromatic nitrogens is 2. The molecule has 0 aliphatic carbocycles. The molecular formula is C10H8N2OS2. The first-order valence-corrected chi connectivity index (χ1v) is 6.02. The normalized spacial score (nSPS) is 9.60. The van der Waals surface area contributed by atoms with E-state index in [1.807, 2.05) is 29.6 Å². The number of nitrogens with one attached hydrogen (secondary N) is 1. The summed E-state index contributed by atoms with van der Waals surface area (Å²) in [6.07, 6.45) is 1.77. The number of hydrogen-bond acceptors (Lipinski definition) is 4. The average molecular weight is 236 g/mol. The standard InChI is InChI=1S/C7H5NOS.C3H3NS/c9-7-5-3-1-2-4-6(5)10-8-7;1-2-5-3-4-1/h1-4H,(H,8,9);1-3H. The van der Waals surface area contributed by atoms with Crippen LogP contribution in [0, 0.1) is 0 Å². The Kier molecular flexibility index (Phi) is 3.26. The number of thiazole rings is 1. The minimum Gasteiger partial charge on any atom is -0.277 e. The van der Waals surface area contributed by atoms with E-state index in [4.69, 9.17) is 0 Å². The van der Waals surface area contributed by atoms with Gasteiger partial charge in [0.05, 0.1) is 15.6 Å². The van der Waals surface area contributed by atoms with Crippen molar-refractivity contribution in [1.29, 1.82) is 0 Å². The molecule has 0 spiro atoms. The van der Waals surface area contributed by atoms with E-state index in [1.54, 1.807) is 23.0 Å². The summed E-state index contributed by atoms with van der Waals surface area (Å²) in [7, 11) is 0. The van der Waals surface area contributed by atoms with Gasteiger partial charge in [-0.05, 0) is 12.1 Å². The molecule has 15 heavy (non-hydrogen) atoms. The van der Waals surface area contributed by atoms with Crippen LogP contribution in [-0.4, -0.2) is 9.36 Å². The summed E-state index contributed by atoms with van der Waals surface area (Å²) in [6.45, 7) is 0. The molecule has 0 fully saturated rings. The van der Waals surface area contributed by atoms with Crippen molar-refractivity contribution in [2.24, 2.45) is 0 Å². The van der Waals surface area contributed by atoms with E-state index in [1.165, 1.54) is 11.5 Å². The van der Waals surface area contributed by atoms with Crippen LogP contribution in [0.3, 0.4) is 0 Å². The maximum atomic E-state index is 10.9. The highest BCUT2D eigenvalue weighted by molar-refractivity contribution is 7.13. The van der Waals surface area contributed by atoms with Crippen molar-refractivity contribution in [3.8, 4) is 0 Å². The first kappa shape index (κ1) is 10.1. The lowest BCUT2D eigenvalue weighted by Crippen LogP contribution is -1.94. The molecule has 3 aromatic rings. The summed E-state index contributed by atoms with van der Waals surface area (Å²) >= 11 is 2.98. The van der Waals surface area contributed by atoms with Crippen LogP contribution in [0.1, 0.15) is 0 Å². The number of aromatic amines is 1. The highest BCUT2D eigenvalue weighted by Crippen LogP contribution is 2.11. The maximum Gasteiger partial charge on any atom is 0.265 e. The van der Waals surface area contributed by atoms with Gasteiger partial charge in [0.15, 0.2) is 0 Å². The number of rotatable bonds is 0. The lowest BCUT2D eigenvalue weighted by Gasteiger charge is -1.79. The van der Waals surface area contributed by atoms with Gasteiger partial charge < -0.3 is 0 Å². The lowest BCUT2D eigenvalue weighted by molar-refractivity contribution is 1.43. The van der Waals surface area contributed by atoms with Gasteiger partial charge in [-0.3, -0.25) is 14.2 Å². The topological polar surface area (TPSA) is 45.8 Å². The Balaban J connectivity index is 0.000000144. The number of benzene rings is 1. The molecule has 0 aliphatic heterocycles. The predicted molar refractivity (Wildman–Crippen MR) is 64.6 cm³/mol. The molecule has 2 heterocycles. The van der Waals surface area contributed by atoms with Gasteiger partial charge in [0.2, 0.25) is 0 Å². The Labute approximate surface area is 94.2 Å². The van der Waals surface area contributed by atoms with Gasteiger partial charge in [0.25, 0.3) is 5.56 Å². The third-order valence-corrected chi connectivity index (χ3v) is 3.12. The van der Waals surface area contributed by atoms with Crippen LogP contribution in [0.25, 0.3) is 10.1 Å². The molecule has 1 N–H and O–H groups in total. The Morgan fingerprint density at radius 3 is 2.73 bits per heavy atom. The minimum absolute atomic E-state index is 0.0144. The van der Waals surface area contributed by atoms with Crippen LogP contribution in [0.5, 0.6) is 0 Å². The second-order valence-electron chi connectivity index (χ2n) is 2.71. The second-order valence-corrected chi connectivity index (χ2v) is 4.31. The highest BCUT2D eigenvalue weighted by Gasteiger charge is 1.96. The number of hydrogen-bond donors (Lipinski definition) is 1. The van der Waals surface area contributed by atoms with Gasteiger partial charge >= 0.3 is 0 Å². The molecule has 2 aromatic heterocycles. The molecule has 0 atom stereocenters.